The maximum absolute atomic E-state index is 12.5. The predicted molar refractivity (Wildman–Crippen MR) is 77.0 cm³/mol. The van der Waals surface area contributed by atoms with Crippen LogP contribution in [0.15, 0.2) is 9.59 Å². The van der Waals surface area contributed by atoms with E-state index in [1.165, 1.54) is 4.57 Å². The van der Waals surface area contributed by atoms with Gasteiger partial charge in [0.25, 0.3) is 5.56 Å². The molecule has 1 fully saturated rings. The molecule has 1 heterocycles. The molecule has 4 nitrogen and oxygen atoms in total. The molecule has 0 saturated heterocycles. The fraction of sp³-hybridized carbons (Fsp3) is 0.714. The summed E-state index contributed by atoms with van der Waals surface area (Å²) in [6.45, 7) is 6.13. The number of aromatic amines is 1. The van der Waals surface area contributed by atoms with E-state index in [-0.39, 0.29) is 27.9 Å². The van der Waals surface area contributed by atoms with Crippen LogP contribution in [-0.2, 0) is 6.42 Å². The lowest BCUT2D eigenvalue weighted by Crippen LogP contribution is -2.45. The number of nitrogens with zero attached hydrogens (tertiary/aromatic N) is 1. The van der Waals surface area contributed by atoms with Gasteiger partial charge in [-0.2, -0.15) is 0 Å². The van der Waals surface area contributed by atoms with Crippen molar-refractivity contribution >= 4 is 11.6 Å². The maximum atomic E-state index is 12.5. The van der Waals surface area contributed by atoms with Gasteiger partial charge in [0, 0.05) is 6.04 Å². The SMILES string of the molecule is CCc1c(Cl)[nH]c(=O)n(C2CCCCC2(C)C)c1=O. The van der Waals surface area contributed by atoms with Gasteiger partial charge in [-0.25, -0.2) is 4.79 Å². The molecule has 1 atom stereocenters. The molecule has 19 heavy (non-hydrogen) atoms. The lowest BCUT2D eigenvalue weighted by Gasteiger charge is -2.39. The Labute approximate surface area is 117 Å². The minimum absolute atomic E-state index is 0.0338. The molecule has 1 unspecified atom stereocenters. The summed E-state index contributed by atoms with van der Waals surface area (Å²) < 4.78 is 1.39. The zero-order valence-corrected chi connectivity index (χ0v) is 12.5. The van der Waals surface area contributed by atoms with E-state index in [1.54, 1.807) is 0 Å². The van der Waals surface area contributed by atoms with Gasteiger partial charge in [-0.15, -0.1) is 0 Å². The Kier molecular flexibility index (Phi) is 3.90. The van der Waals surface area contributed by atoms with Gasteiger partial charge in [0.05, 0.1) is 5.56 Å². The fourth-order valence-electron chi connectivity index (χ4n) is 3.10. The Bertz CT molecular complexity index is 586. The van der Waals surface area contributed by atoms with E-state index >= 15 is 0 Å². The molecule has 1 saturated carbocycles. The van der Waals surface area contributed by atoms with Crippen LogP contribution in [0.4, 0.5) is 0 Å². The Morgan fingerprint density at radius 1 is 1.37 bits per heavy atom. The molecule has 0 aliphatic heterocycles. The summed E-state index contributed by atoms with van der Waals surface area (Å²) in [5.74, 6) is 0. The largest absolute Gasteiger partial charge is 0.329 e. The van der Waals surface area contributed by atoms with Crippen molar-refractivity contribution in [3.63, 3.8) is 0 Å². The zero-order chi connectivity index (χ0) is 14.2. The van der Waals surface area contributed by atoms with Gasteiger partial charge >= 0.3 is 5.69 Å². The van der Waals surface area contributed by atoms with Gasteiger partial charge in [0.1, 0.15) is 5.15 Å². The molecular weight excluding hydrogens is 264 g/mol. The molecule has 1 aromatic rings. The summed E-state index contributed by atoms with van der Waals surface area (Å²) in [6.07, 6.45) is 4.66. The number of nitrogens with one attached hydrogen (secondary N) is 1. The van der Waals surface area contributed by atoms with Crippen molar-refractivity contribution in [2.75, 3.05) is 0 Å². The molecular formula is C14H21ClN2O2. The van der Waals surface area contributed by atoms with Gasteiger partial charge in [-0.05, 0) is 24.7 Å². The van der Waals surface area contributed by atoms with Gasteiger partial charge < -0.3 is 0 Å². The van der Waals surface area contributed by atoms with E-state index in [2.05, 4.69) is 18.8 Å². The van der Waals surface area contributed by atoms with Gasteiger partial charge in [-0.1, -0.05) is 45.2 Å². The van der Waals surface area contributed by atoms with Gasteiger partial charge in [0.2, 0.25) is 0 Å². The van der Waals surface area contributed by atoms with E-state index in [9.17, 15) is 9.59 Å². The lowest BCUT2D eigenvalue weighted by atomic mass is 9.73. The quantitative estimate of drug-likeness (QED) is 0.849. The third kappa shape index (κ3) is 2.50. The second-order valence-electron chi connectivity index (χ2n) is 6.00. The van der Waals surface area contributed by atoms with Crippen LogP contribution < -0.4 is 11.2 Å². The van der Waals surface area contributed by atoms with E-state index in [0.29, 0.717) is 12.0 Å². The van der Waals surface area contributed by atoms with E-state index in [4.69, 9.17) is 11.6 Å². The van der Waals surface area contributed by atoms with Crippen molar-refractivity contribution < 1.29 is 0 Å². The molecule has 1 aromatic heterocycles. The molecule has 1 aliphatic carbocycles. The van der Waals surface area contributed by atoms with Crippen LogP contribution in [0.3, 0.4) is 0 Å². The molecule has 1 N–H and O–H groups in total. The topological polar surface area (TPSA) is 54.9 Å². The highest BCUT2D eigenvalue weighted by atomic mass is 35.5. The Balaban J connectivity index is 2.62. The molecule has 2 rings (SSSR count). The molecule has 0 spiro atoms. The number of hydrogen-bond acceptors (Lipinski definition) is 2. The Hall–Kier alpha value is -1.03. The highest BCUT2D eigenvalue weighted by Crippen LogP contribution is 2.42. The first-order valence-corrected chi connectivity index (χ1v) is 7.29. The summed E-state index contributed by atoms with van der Waals surface area (Å²) in [6, 6.07) is -0.0416. The first-order chi connectivity index (χ1) is 8.88. The van der Waals surface area contributed by atoms with Crippen LogP contribution >= 0.6 is 11.6 Å². The third-order valence-electron chi connectivity index (χ3n) is 4.29. The van der Waals surface area contributed by atoms with Crippen molar-refractivity contribution in [2.24, 2.45) is 5.41 Å². The predicted octanol–water partition coefficient (Wildman–Crippen LogP) is 2.89. The first kappa shape index (κ1) is 14.4. The average molecular weight is 285 g/mol. The standard InChI is InChI=1S/C14H21ClN2O2/c1-4-9-11(15)16-13(19)17(12(9)18)10-7-5-6-8-14(10,2)3/h10H,4-8H2,1-3H3,(H,16,19). The third-order valence-corrected chi connectivity index (χ3v) is 4.62. The summed E-state index contributed by atoms with van der Waals surface area (Å²) in [7, 11) is 0. The lowest BCUT2D eigenvalue weighted by molar-refractivity contribution is 0.136. The molecule has 0 aromatic carbocycles. The summed E-state index contributed by atoms with van der Waals surface area (Å²) in [4.78, 5) is 27.2. The highest BCUT2D eigenvalue weighted by Gasteiger charge is 2.35. The van der Waals surface area contributed by atoms with Crippen LogP contribution in [-0.4, -0.2) is 9.55 Å². The molecule has 5 heteroatoms. The number of halogens is 1. The van der Waals surface area contributed by atoms with Crippen LogP contribution in [0.1, 0.15) is 58.1 Å². The normalized spacial score (nSPS) is 22.4. The van der Waals surface area contributed by atoms with Crippen molar-refractivity contribution in [1.29, 1.82) is 0 Å². The minimum Gasteiger partial charge on any atom is -0.297 e. The second-order valence-corrected chi connectivity index (χ2v) is 6.38. The number of aromatic nitrogens is 2. The Morgan fingerprint density at radius 2 is 2.05 bits per heavy atom. The molecule has 0 amide bonds. The van der Waals surface area contributed by atoms with Gasteiger partial charge in [-0.3, -0.25) is 14.3 Å². The second kappa shape index (κ2) is 5.16. The number of hydrogen-bond donors (Lipinski definition) is 1. The van der Waals surface area contributed by atoms with Crippen molar-refractivity contribution in [2.45, 2.75) is 58.9 Å². The van der Waals surface area contributed by atoms with E-state index < -0.39 is 0 Å². The first-order valence-electron chi connectivity index (χ1n) is 6.91. The fourth-order valence-corrected chi connectivity index (χ4v) is 3.40. The summed E-state index contributed by atoms with van der Waals surface area (Å²) in [5.41, 5.74) is -0.139. The van der Waals surface area contributed by atoms with E-state index in [1.807, 2.05) is 6.92 Å². The zero-order valence-electron chi connectivity index (χ0n) is 11.8. The van der Waals surface area contributed by atoms with Crippen molar-refractivity contribution in [1.82, 2.24) is 9.55 Å². The monoisotopic (exact) mass is 284 g/mol. The van der Waals surface area contributed by atoms with Crippen molar-refractivity contribution in [3.05, 3.63) is 31.6 Å². The van der Waals surface area contributed by atoms with Crippen LogP contribution in [0, 0.1) is 5.41 Å². The van der Waals surface area contributed by atoms with Crippen LogP contribution in [0.25, 0.3) is 0 Å². The number of rotatable bonds is 2. The highest BCUT2D eigenvalue weighted by molar-refractivity contribution is 6.30. The smallest absolute Gasteiger partial charge is 0.297 e. The van der Waals surface area contributed by atoms with Crippen molar-refractivity contribution in [3.8, 4) is 0 Å². The number of H-pyrrole nitrogens is 1. The average Bonchev–Trinajstić information content (AvgIpc) is 2.31. The maximum Gasteiger partial charge on any atom is 0.329 e. The molecule has 0 radical (unpaired) electrons. The molecule has 1 aliphatic rings. The summed E-state index contributed by atoms with van der Waals surface area (Å²) in [5, 5.41) is 0.183. The molecule has 0 bridgehead atoms. The Morgan fingerprint density at radius 3 is 2.63 bits per heavy atom. The summed E-state index contributed by atoms with van der Waals surface area (Å²) >= 11 is 5.95. The van der Waals surface area contributed by atoms with Gasteiger partial charge in [0.15, 0.2) is 0 Å². The minimum atomic E-state index is -0.382. The van der Waals surface area contributed by atoms with E-state index in [0.717, 1.165) is 25.7 Å². The molecule has 106 valence electrons. The van der Waals surface area contributed by atoms with Crippen LogP contribution in [0.5, 0.6) is 0 Å². The van der Waals surface area contributed by atoms with Crippen LogP contribution in [0.2, 0.25) is 5.15 Å².